The summed E-state index contributed by atoms with van der Waals surface area (Å²) in [5.41, 5.74) is 0.318. The van der Waals surface area contributed by atoms with Crippen molar-refractivity contribution in [2.24, 2.45) is 5.92 Å². The average Bonchev–Trinajstić information content (AvgIpc) is 2.87. The van der Waals surface area contributed by atoms with Crippen LogP contribution in [-0.4, -0.2) is 25.5 Å². The van der Waals surface area contributed by atoms with E-state index in [4.69, 9.17) is 0 Å². The fourth-order valence-corrected chi connectivity index (χ4v) is 3.31. The molecule has 1 heterocycles. The second-order valence-corrected chi connectivity index (χ2v) is 6.03. The van der Waals surface area contributed by atoms with E-state index in [1.807, 2.05) is 6.07 Å². The standard InChI is InChI=1S/C16H21FN2O.ClH/c17-14-5-3-4-13(8-14)16(6-1-2-7-16)15(20)19-11-12-9-18-10-12;/h3-5,8,12,18H,1-2,6-7,9-11H2,(H,19,20);1H. The molecular formula is C16H22ClFN2O. The number of amides is 1. The number of nitrogens with one attached hydrogen (secondary N) is 2. The number of carbonyl (C=O) groups excluding carboxylic acids is 1. The van der Waals surface area contributed by atoms with Gasteiger partial charge in [0, 0.05) is 25.6 Å². The minimum Gasteiger partial charge on any atom is -0.355 e. The molecule has 3 rings (SSSR count). The van der Waals surface area contributed by atoms with Gasteiger partial charge in [-0.15, -0.1) is 12.4 Å². The molecule has 2 aliphatic rings. The predicted molar refractivity (Wildman–Crippen MR) is 83.2 cm³/mol. The summed E-state index contributed by atoms with van der Waals surface area (Å²) < 4.78 is 13.5. The molecule has 21 heavy (non-hydrogen) atoms. The van der Waals surface area contributed by atoms with Crippen molar-refractivity contribution in [3.05, 3.63) is 35.6 Å². The molecule has 0 aromatic heterocycles. The van der Waals surface area contributed by atoms with E-state index in [1.54, 1.807) is 6.07 Å². The van der Waals surface area contributed by atoms with Gasteiger partial charge in [0.2, 0.25) is 5.91 Å². The van der Waals surface area contributed by atoms with Gasteiger partial charge in [-0.2, -0.15) is 0 Å². The largest absolute Gasteiger partial charge is 0.355 e. The third-order valence-corrected chi connectivity index (χ3v) is 4.69. The van der Waals surface area contributed by atoms with Gasteiger partial charge in [0.1, 0.15) is 5.82 Å². The smallest absolute Gasteiger partial charge is 0.230 e. The lowest BCUT2D eigenvalue weighted by Gasteiger charge is -2.32. The first-order valence-electron chi connectivity index (χ1n) is 7.46. The molecule has 0 radical (unpaired) electrons. The fourth-order valence-electron chi connectivity index (χ4n) is 3.31. The molecule has 1 saturated carbocycles. The van der Waals surface area contributed by atoms with Crippen LogP contribution in [0, 0.1) is 11.7 Å². The van der Waals surface area contributed by atoms with E-state index >= 15 is 0 Å². The zero-order valence-corrected chi connectivity index (χ0v) is 12.8. The molecule has 116 valence electrons. The van der Waals surface area contributed by atoms with E-state index < -0.39 is 5.41 Å². The van der Waals surface area contributed by atoms with Gasteiger partial charge in [0.25, 0.3) is 0 Å². The molecule has 1 saturated heterocycles. The lowest BCUT2D eigenvalue weighted by molar-refractivity contribution is -0.126. The Kier molecular flexibility index (Phi) is 5.22. The topological polar surface area (TPSA) is 41.1 Å². The molecule has 1 aromatic carbocycles. The summed E-state index contributed by atoms with van der Waals surface area (Å²) in [6.07, 6.45) is 3.72. The Hall–Kier alpha value is -1.13. The summed E-state index contributed by atoms with van der Waals surface area (Å²) in [4.78, 5) is 12.7. The van der Waals surface area contributed by atoms with E-state index in [0.717, 1.165) is 50.9 Å². The molecular weight excluding hydrogens is 291 g/mol. The maximum Gasteiger partial charge on any atom is 0.230 e. The Morgan fingerprint density at radius 1 is 1.33 bits per heavy atom. The average molecular weight is 313 g/mol. The zero-order valence-electron chi connectivity index (χ0n) is 12.0. The second-order valence-electron chi connectivity index (χ2n) is 6.03. The lowest BCUT2D eigenvalue weighted by Crippen LogP contribution is -2.51. The Balaban J connectivity index is 0.00000161. The Bertz CT molecular complexity index is 499. The van der Waals surface area contributed by atoms with Crippen molar-refractivity contribution in [1.82, 2.24) is 10.6 Å². The van der Waals surface area contributed by atoms with Crippen molar-refractivity contribution in [2.45, 2.75) is 31.1 Å². The van der Waals surface area contributed by atoms with Crippen molar-refractivity contribution in [1.29, 1.82) is 0 Å². The van der Waals surface area contributed by atoms with Crippen molar-refractivity contribution < 1.29 is 9.18 Å². The summed E-state index contributed by atoms with van der Waals surface area (Å²) in [7, 11) is 0. The number of carbonyl (C=O) groups is 1. The molecule has 3 nitrogen and oxygen atoms in total. The van der Waals surface area contributed by atoms with Gasteiger partial charge in [-0.1, -0.05) is 25.0 Å². The van der Waals surface area contributed by atoms with E-state index in [9.17, 15) is 9.18 Å². The molecule has 5 heteroatoms. The van der Waals surface area contributed by atoms with Crippen molar-refractivity contribution in [3.63, 3.8) is 0 Å². The van der Waals surface area contributed by atoms with Gasteiger partial charge in [-0.05, 0) is 30.5 Å². The summed E-state index contributed by atoms with van der Waals surface area (Å²) >= 11 is 0. The summed E-state index contributed by atoms with van der Waals surface area (Å²) in [5, 5.41) is 6.29. The Morgan fingerprint density at radius 3 is 2.62 bits per heavy atom. The molecule has 1 aliphatic heterocycles. The summed E-state index contributed by atoms with van der Waals surface area (Å²) in [6.45, 7) is 2.68. The minimum atomic E-state index is -0.515. The van der Waals surface area contributed by atoms with Crippen LogP contribution in [0.2, 0.25) is 0 Å². The van der Waals surface area contributed by atoms with Gasteiger partial charge in [-0.3, -0.25) is 4.79 Å². The summed E-state index contributed by atoms with van der Waals surface area (Å²) in [6, 6.07) is 6.55. The van der Waals surface area contributed by atoms with E-state index in [2.05, 4.69) is 10.6 Å². The molecule has 0 atom stereocenters. The highest BCUT2D eigenvalue weighted by Crippen LogP contribution is 2.41. The zero-order chi connectivity index (χ0) is 14.0. The van der Waals surface area contributed by atoms with Crippen LogP contribution in [0.3, 0.4) is 0 Å². The van der Waals surface area contributed by atoms with Crippen LogP contribution in [0.15, 0.2) is 24.3 Å². The first-order valence-corrected chi connectivity index (χ1v) is 7.46. The molecule has 0 spiro atoms. The fraction of sp³-hybridized carbons (Fsp3) is 0.562. The number of rotatable bonds is 4. The molecule has 2 fully saturated rings. The van der Waals surface area contributed by atoms with Gasteiger partial charge < -0.3 is 10.6 Å². The van der Waals surface area contributed by atoms with Crippen LogP contribution in [-0.2, 0) is 10.2 Å². The normalized spacial score (nSPS) is 20.4. The van der Waals surface area contributed by atoms with Crippen LogP contribution < -0.4 is 10.6 Å². The van der Waals surface area contributed by atoms with E-state index in [-0.39, 0.29) is 24.1 Å². The Labute approximate surface area is 131 Å². The SMILES string of the molecule is Cl.O=C(NCC1CNC1)C1(c2cccc(F)c2)CCCC1. The van der Waals surface area contributed by atoms with E-state index in [0.29, 0.717) is 5.92 Å². The predicted octanol–water partition coefficient (Wildman–Crippen LogP) is 2.39. The van der Waals surface area contributed by atoms with Crippen LogP contribution in [0.5, 0.6) is 0 Å². The molecule has 0 unspecified atom stereocenters. The van der Waals surface area contributed by atoms with Crippen LogP contribution in [0.4, 0.5) is 4.39 Å². The Morgan fingerprint density at radius 2 is 2.05 bits per heavy atom. The monoisotopic (exact) mass is 312 g/mol. The van der Waals surface area contributed by atoms with Gasteiger partial charge in [0.15, 0.2) is 0 Å². The molecule has 1 aromatic rings. The van der Waals surface area contributed by atoms with Gasteiger partial charge >= 0.3 is 0 Å². The summed E-state index contributed by atoms with van der Waals surface area (Å²) in [5.74, 6) is 0.363. The number of benzene rings is 1. The second kappa shape index (κ2) is 6.75. The molecule has 1 amide bonds. The highest BCUT2D eigenvalue weighted by Gasteiger charge is 2.42. The minimum absolute atomic E-state index is 0. The quantitative estimate of drug-likeness (QED) is 0.896. The first-order chi connectivity index (χ1) is 9.71. The van der Waals surface area contributed by atoms with Gasteiger partial charge in [-0.25, -0.2) is 4.39 Å². The number of hydrogen-bond acceptors (Lipinski definition) is 2. The van der Waals surface area contributed by atoms with Crippen molar-refractivity contribution in [2.75, 3.05) is 19.6 Å². The lowest BCUT2D eigenvalue weighted by atomic mass is 9.78. The van der Waals surface area contributed by atoms with Gasteiger partial charge in [0.05, 0.1) is 5.41 Å². The third-order valence-electron chi connectivity index (χ3n) is 4.69. The van der Waals surface area contributed by atoms with E-state index in [1.165, 1.54) is 12.1 Å². The third kappa shape index (κ3) is 3.22. The molecule has 1 aliphatic carbocycles. The van der Waals surface area contributed by atoms with Crippen LogP contribution in [0.1, 0.15) is 31.2 Å². The number of halogens is 2. The highest BCUT2D eigenvalue weighted by atomic mass is 35.5. The van der Waals surface area contributed by atoms with Crippen LogP contribution >= 0.6 is 12.4 Å². The first kappa shape index (κ1) is 16.2. The molecule has 2 N–H and O–H groups in total. The van der Waals surface area contributed by atoms with Crippen LogP contribution in [0.25, 0.3) is 0 Å². The maximum atomic E-state index is 13.5. The maximum absolute atomic E-state index is 13.5. The van der Waals surface area contributed by atoms with Crippen molar-refractivity contribution >= 4 is 18.3 Å². The number of hydrogen-bond donors (Lipinski definition) is 2. The highest BCUT2D eigenvalue weighted by molar-refractivity contribution is 5.88. The molecule has 0 bridgehead atoms. The van der Waals surface area contributed by atoms with Crippen molar-refractivity contribution in [3.8, 4) is 0 Å².